The van der Waals surface area contributed by atoms with Gasteiger partial charge in [0.1, 0.15) is 0 Å². The van der Waals surface area contributed by atoms with Crippen molar-refractivity contribution in [2.45, 2.75) is 27.2 Å². The third-order valence-corrected chi connectivity index (χ3v) is 4.27. The lowest BCUT2D eigenvalue weighted by molar-refractivity contribution is -0.115. The summed E-state index contributed by atoms with van der Waals surface area (Å²) in [6, 6.07) is 5.18. The maximum atomic E-state index is 12.3. The fourth-order valence-corrected chi connectivity index (χ4v) is 2.74. The highest BCUT2D eigenvalue weighted by Crippen LogP contribution is 2.22. The van der Waals surface area contributed by atoms with E-state index < -0.39 is 5.97 Å². The Morgan fingerprint density at radius 2 is 1.92 bits per heavy atom. The number of aromatic nitrogens is 1. The summed E-state index contributed by atoms with van der Waals surface area (Å²) < 4.78 is 4.76. The Hall–Kier alpha value is -2.60. The third kappa shape index (κ3) is 4.09. The van der Waals surface area contributed by atoms with Crippen LogP contribution in [0.4, 0.5) is 5.69 Å². The Bertz CT molecular complexity index is 855. The predicted molar refractivity (Wildman–Crippen MR) is 95.4 cm³/mol. The zero-order valence-corrected chi connectivity index (χ0v) is 15.2. The fraction of sp³-hybridized carbons (Fsp3) is 0.278. The number of Topliss-reactive ketones (excluding diaryl/α,β-unsaturated/α-hetero) is 1. The summed E-state index contributed by atoms with van der Waals surface area (Å²) in [5.74, 6) is -1.16. The lowest BCUT2D eigenvalue weighted by Crippen LogP contribution is -2.17. The number of carbonyl (C=O) groups excluding carboxylic acids is 3. The van der Waals surface area contributed by atoms with Gasteiger partial charge >= 0.3 is 5.97 Å². The number of amides is 1. The number of ether oxygens (including phenoxy) is 1. The normalized spacial score (nSPS) is 10.4. The summed E-state index contributed by atoms with van der Waals surface area (Å²) in [5.41, 5.74) is 2.77. The van der Waals surface area contributed by atoms with Gasteiger partial charge < -0.3 is 15.0 Å². The zero-order chi connectivity index (χ0) is 18.7. The molecule has 0 aliphatic carbocycles. The van der Waals surface area contributed by atoms with Crippen LogP contribution in [0.5, 0.6) is 0 Å². The number of aryl methyl sites for hydroxylation is 1. The average Bonchev–Trinajstić information content (AvgIpc) is 2.86. The molecule has 0 aliphatic rings. The molecule has 0 aliphatic heterocycles. The first kappa shape index (κ1) is 18.7. The Morgan fingerprint density at radius 1 is 1.24 bits per heavy atom. The molecule has 0 spiro atoms. The quantitative estimate of drug-likeness (QED) is 0.629. The standard InChI is InChI=1S/C18H19ClN2O4/c1-9-5-6-12(7-13(9)19)20-15(23)8-14-16(18(24)25-4)10(2)17(21-14)11(3)22/h5-7,21H,8H2,1-4H3,(H,20,23). The number of H-pyrrole nitrogens is 1. The minimum atomic E-state index is -0.595. The van der Waals surface area contributed by atoms with Crippen LogP contribution in [0.3, 0.4) is 0 Å². The molecule has 0 radical (unpaired) electrons. The minimum Gasteiger partial charge on any atom is -0.465 e. The number of benzene rings is 1. The van der Waals surface area contributed by atoms with E-state index in [1.807, 2.05) is 6.92 Å². The van der Waals surface area contributed by atoms with Gasteiger partial charge in [-0.3, -0.25) is 9.59 Å². The van der Waals surface area contributed by atoms with Crippen molar-refractivity contribution < 1.29 is 19.1 Å². The number of nitrogens with one attached hydrogen (secondary N) is 2. The summed E-state index contributed by atoms with van der Waals surface area (Å²) >= 11 is 6.05. The van der Waals surface area contributed by atoms with Gasteiger partial charge in [0.2, 0.25) is 5.91 Å². The Balaban J connectivity index is 2.27. The van der Waals surface area contributed by atoms with Gasteiger partial charge in [-0.2, -0.15) is 0 Å². The van der Waals surface area contributed by atoms with Crippen molar-refractivity contribution in [3.05, 3.63) is 51.3 Å². The number of aromatic amines is 1. The molecule has 132 valence electrons. The molecule has 2 rings (SSSR count). The van der Waals surface area contributed by atoms with Crippen LogP contribution < -0.4 is 5.32 Å². The van der Waals surface area contributed by atoms with E-state index in [1.54, 1.807) is 25.1 Å². The van der Waals surface area contributed by atoms with Crippen molar-refractivity contribution >= 4 is 34.9 Å². The molecule has 0 saturated carbocycles. The first-order valence-corrected chi connectivity index (χ1v) is 7.99. The third-order valence-electron chi connectivity index (χ3n) is 3.86. The molecule has 0 saturated heterocycles. The van der Waals surface area contributed by atoms with E-state index in [1.165, 1.54) is 14.0 Å². The first-order valence-electron chi connectivity index (χ1n) is 7.61. The van der Waals surface area contributed by atoms with Crippen molar-refractivity contribution in [1.29, 1.82) is 0 Å². The highest BCUT2D eigenvalue weighted by atomic mass is 35.5. The van der Waals surface area contributed by atoms with Crippen molar-refractivity contribution in [2.24, 2.45) is 0 Å². The molecule has 1 heterocycles. The number of rotatable bonds is 5. The summed E-state index contributed by atoms with van der Waals surface area (Å²) in [4.78, 5) is 38.9. The molecule has 25 heavy (non-hydrogen) atoms. The molecule has 0 atom stereocenters. The van der Waals surface area contributed by atoms with Crippen LogP contribution in [0.1, 0.15) is 44.6 Å². The lowest BCUT2D eigenvalue weighted by atomic mass is 10.1. The summed E-state index contributed by atoms with van der Waals surface area (Å²) in [7, 11) is 1.25. The molecule has 2 N–H and O–H groups in total. The molecule has 2 aromatic rings. The Labute approximate surface area is 150 Å². The van der Waals surface area contributed by atoms with Gasteiger partial charge in [0.25, 0.3) is 0 Å². The number of anilines is 1. The van der Waals surface area contributed by atoms with Crippen LogP contribution in [0.25, 0.3) is 0 Å². The van der Waals surface area contributed by atoms with Crippen molar-refractivity contribution in [3.63, 3.8) is 0 Å². The molecule has 1 aromatic carbocycles. The number of carbonyl (C=O) groups is 3. The van der Waals surface area contributed by atoms with Gasteiger partial charge in [-0.1, -0.05) is 17.7 Å². The number of hydrogen-bond acceptors (Lipinski definition) is 4. The van der Waals surface area contributed by atoms with Gasteiger partial charge in [-0.25, -0.2) is 4.79 Å². The molecule has 1 aromatic heterocycles. The van der Waals surface area contributed by atoms with Crippen molar-refractivity contribution in [3.8, 4) is 0 Å². The topological polar surface area (TPSA) is 88.3 Å². The van der Waals surface area contributed by atoms with Gasteiger partial charge in [0, 0.05) is 23.3 Å². The van der Waals surface area contributed by atoms with E-state index in [9.17, 15) is 14.4 Å². The zero-order valence-electron chi connectivity index (χ0n) is 14.5. The van der Waals surface area contributed by atoms with E-state index in [4.69, 9.17) is 16.3 Å². The first-order chi connectivity index (χ1) is 11.7. The highest BCUT2D eigenvalue weighted by Gasteiger charge is 2.24. The maximum absolute atomic E-state index is 12.3. The van der Waals surface area contributed by atoms with Crippen LogP contribution >= 0.6 is 11.6 Å². The van der Waals surface area contributed by atoms with Gasteiger partial charge in [0.05, 0.1) is 24.8 Å². The predicted octanol–water partition coefficient (Wildman–Crippen LogP) is 3.46. The van der Waals surface area contributed by atoms with Crippen molar-refractivity contribution in [2.75, 3.05) is 12.4 Å². The SMILES string of the molecule is COC(=O)c1c(CC(=O)Nc2ccc(C)c(Cl)c2)[nH]c(C(C)=O)c1C. The van der Waals surface area contributed by atoms with Gasteiger partial charge in [-0.05, 0) is 37.1 Å². The molecular weight excluding hydrogens is 344 g/mol. The second-order valence-electron chi connectivity index (χ2n) is 5.72. The molecule has 6 nitrogen and oxygen atoms in total. The average molecular weight is 363 g/mol. The highest BCUT2D eigenvalue weighted by molar-refractivity contribution is 6.31. The van der Waals surface area contributed by atoms with Crippen LogP contribution in [0.2, 0.25) is 5.02 Å². The number of methoxy groups -OCH3 is 1. The van der Waals surface area contributed by atoms with E-state index in [0.717, 1.165) is 5.56 Å². The summed E-state index contributed by atoms with van der Waals surface area (Å²) in [5, 5.41) is 3.26. The lowest BCUT2D eigenvalue weighted by Gasteiger charge is -2.07. The smallest absolute Gasteiger partial charge is 0.339 e. The maximum Gasteiger partial charge on any atom is 0.339 e. The molecule has 0 fully saturated rings. The summed E-state index contributed by atoms with van der Waals surface area (Å²) in [6.45, 7) is 4.89. The van der Waals surface area contributed by atoms with E-state index >= 15 is 0 Å². The number of hydrogen-bond donors (Lipinski definition) is 2. The van der Waals surface area contributed by atoms with Crippen molar-refractivity contribution in [1.82, 2.24) is 4.98 Å². The number of halogens is 1. The molecule has 0 bridgehead atoms. The molecule has 1 amide bonds. The van der Waals surface area contributed by atoms with Gasteiger partial charge in [-0.15, -0.1) is 0 Å². The van der Waals surface area contributed by atoms with E-state index in [-0.39, 0.29) is 23.7 Å². The minimum absolute atomic E-state index is 0.107. The Morgan fingerprint density at radius 3 is 2.48 bits per heavy atom. The number of ketones is 1. The van der Waals surface area contributed by atoms with Crippen LogP contribution in [0.15, 0.2) is 18.2 Å². The largest absolute Gasteiger partial charge is 0.465 e. The summed E-state index contributed by atoms with van der Waals surface area (Å²) in [6.07, 6.45) is -0.107. The van der Waals surface area contributed by atoms with Crippen LogP contribution in [-0.4, -0.2) is 29.8 Å². The monoisotopic (exact) mass is 362 g/mol. The molecular formula is C18H19ClN2O4. The van der Waals surface area contributed by atoms with Gasteiger partial charge in [0.15, 0.2) is 5.78 Å². The molecule has 7 heteroatoms. The van der Waals surface area contributed by atoms with Crippen LogP contribution in [-0.2, 0) is 16.0 Å². The number of esters is 1. The van der Waals surface area contributed by atoms with E-state index in [2.05, 4.69) is 10.3 Å². The van der Waals surface area contributed by atoms with E-state index in [0.29, 0.717) is 27.7 Å². The fourth-order valence-electron chi connectivity index (χ4n) is 2.56. The van der Waals surface area contributed by atoms with Crippen LogP contribution in [0, 0.1) is 13.8 Å². The second-order valence-corrected chi connectivity index (χ2v) is 6.12. The second kappa shape index (κ2) is 7.53. The Kier molecular flexibility index (Phi) is 5.64. The molecule has 0 unspecified atom stereocenters.